The molecule has 0 fully saturated rings. The number of benzene rings is 2. The Morgan fingerprint density at radius 1 is 1.18 bits per heavy atom. The van der Waals surface area contributed by atoms with Crippen LogP contribution in [0, 0.1) is 11.3 Å². The van der Waals surface area contributed by atoms with Gasteiger partial charge in [-0.05, 0) is 29.8 Å². The highest BCUT2D eigenvalue weighted by Crippen LogP contribution is 2.55. The molecule has 2 heterocycles. The van der Waals surface area contributed by atoms with Gasteiger partial charge < -0.3 is 10.1 Å². The number of methoxy groups -OCH3 is 1. The fraction of sp³-hybridized carbons (Fsp3) is 0.158. The van der Waals surface area contributed by atoms with Crippen LogP contribution in [0.4, 0.5) is 23.7 Å². The number of para-hydroxylation sites is 1. The standard InChI is InChI=1S/C19H12F3N3O2S/c1-27-12-8-6-11(7-9-12)18(19(20,21)22)13(10-23)16-25(17(26)24-18)14-4-2-3-5-15(14)28-16/h2-9H,1H3,(H,24,26)/t18-/m1/s1. The van der Waals surface area contributed by atoms with Crippen molar-refractivity contribution in [2.45, 2.75) is 16.6 Å². The SMILES string of the molecule is COc1ccc([C@@]2(C(F)(F)F)NC(=O)N3C(=C2C#N)Sc2ccccc23)cc1. The summed E-state index contributed by atoms with van der Waals surface area (Å²) in [4.78, 5) is 14.5. The van der Waals surface area contributed by atoms with Crippen LogP contribution in [-0.2, 0) is 5.54 Å². The minimum atomic E-state index is -4.95. The molecule has 0 aromatic heterocycles. The van der Waals surface area contributed by atoms with Gasteiger partial charge in [-0.25, -0.2) is 4.79 Å². The topological polar surface area (TPSA) is 65.4 Å². The number of nitriles is 1. The lowest BCUT2D eigenvalue weighted by atomic mass is 9.81. The monoisotopic (exact) mass is 403 g/mol. The zero-order valence-corrected chi connectivity index (χ0v) is 15.2. The van der Waals surface area contributed by atoms with Gasteiger partial charge in [-0.1, -0.05) is 36.0 Å². The average Bonchev–Trinajstić information content (AvgIpc) is 3.06. The number of rotatable bonds is 2. The Bertz CT molecular complexity index is 1040. The van der Waals surface area contributed by atoms with Gasteiger partial charge in [0.15, 0.2) is 0 Å². The number of carbonyl (C=O) groups is 1. The molecule has 0 saturated carbocycles. The maximum absolute atomic E-state index is 14.4. The van der Waals surface area contributed by atoms with E-state index in [0.717, 1.165) is 16.7 Å². The molecule has 2 amide bonds. The van der Waals surface area contributed by atoms with E-state index in [9.17, 15) is 23.2 Å². The highest BCUT2D eigenvalue weighted by molar-refractivity contribution is 8.03. The van der Waals surface area contributed by atoms with Crippen LogP contribution in [0.5, 0.6) is 5.75 Å². The van der Waals surface area contributed by atoms with Crippen molar-refractivity contribution in [3.8, 4) is 11.8 Å². The second-order valence-corrected chi connectivity index (χ2v) is 7.13. The molecule has 0 unspecified atom stereocenters. The lowest BCUT2D eigenvalue weighted by Crippen LogP contribution is -2.63. The molecule has 2 aliphatic rings. The number of urea groups is 1. The van der Waals surface area contributed by atoms with Gasteiger partial charge in [-0.3, -0.25) is 4.90 Å². The number of anilines is 1. The number of ether oxygens (including phenoxy) is 1. The molecule has 1 atom stereocenters. The lowest BCUT2D eigenvalue weighted by Gasteiger charge is -2.42. The number of amides is 2. The van der Waals surface area contributed by atoms with Crippen LogP contribution in [0.1, 0.15) is 5.56 Å². The molecule has 28 heavy (non-hydrogen) atoms. The van der Waals surface area contributed by atoms with E-state index in [-0.39, 0.29) is 10.6 Å². The molecule has 142 valence electrons. The molecule has 0 bridgehead atoms. The molecular weight excluding hydrogens is 391 g/mol. The molecule has 5 nitrogen and oxygen atoms in total. The van der Waals surface area contributed by atoms with E-state index in [4.69, 9.17) is 4.74 Å². The zero-order valence-electron chi connectivity index (χ0n) is 14.4. The van der Waals surface area contributed by atoms with Gasteiger partial charge in [0, 0.05) is 4.90 Å². The van der Waals surface area contributed by atoms with Gasteiger partial charge in [0.25, 0.3) is 0 Å². The molecule has 2 aliphatic heterocycles. The number of fused-ring (bicyclic) bond motifs is 3. The molecule has 0 radical (unpaired) electrons. The van der Waals surface area contributed by atoms with Gasteiger partial charge >= 0.3 is 12.2 Å². The molecule has 2 aromatic carbocycles. The average molecular weight is 403 g/mol. The van der Waals surface area contributed by atoms with Crippen LogP contribution in [0.2, 0.25) is 0 Å². The van der Waals surface area contributed by atoms with Crippen LogP contribution in [0.15, 0.2) is 64.0 Å². The summed E-state index contributed by atoms with van der Waals surface area (Å²) in [7, 11) is 1.39. The molecule has 0 aliphatic carbocycles. The second-order valence-electron chi connectivity index (χ2n) is 6.10. The van der Waals surface area contributed by atoms with E-state index in [1.807, 2.05) is 0 Å². The number of nitrogens with one attached hydrogen (secondary N) is 1. The minimum absolute atomic E-state index is 0.0411. The van der Waals surface area contributed by atoms with Gasteiger partial charge in [0.1, 0.15) is 22.4 Å². The Hall–Kier alpha value is -3.12. The predicted octanol–water partition coefficient (Wildman–Crippen LogP) is 4.52. The summed E-state index contributed by atoms with van der Waals surface area (Å²) in [5, 5.41) is 11.8. The molecule has 0 spiro atoms. The first-order valence-electron chi connectivity index (χ1n) is 8.08. The summed E-state index contributed by atoms with van der Waals surface area (Å²) in [6, 6.07) is 12.6. The Morgan fingerprint density at radius 3 is 2.46 bits per heavy atom. The van der Waals surface area contributed by atoms with E-state index in [2.05, 4.69) is 5.32 Å². The van der Waals surface area contributed by atoms with Crippen molar-refractivity contribution in [2.75, 3.05) is 12.0 Å². The maximum Gasteiger partial charge on any atom is 0.420 e. The predicted molar refractivity (Wildman–Crippen MR) is 96.7 cm³/mol. The summed E-state index contributed by atoms with van der Waals surface area (Å²) < 4.78 is 48.2. The molecule has 0 saturated heterocycles. The fourth-order valence-corrected chi connectivity index (χ4v) is 4.55. The van der Waals surface area contributed by atoms with Crippen molar-refractivity contribution >= 4 is 23.5 Å². The Labute approximate surface area is 162 Å². The normalized spacial score (nSPS) is 21.0. The van der Waals surface area contributed by atoms with Crippen molar-refractivity contribution in [3.05, 3.63) is 64.7 Å². The van der Waals surface area contributed by atoms with E-state index in [1.54, 1.807) is 30.3 Å². The molecule has 1 N–H and O–H groups in total. The van der Waals surface area contributed by atoms with Gasteiger partial charge in [0.2, 0.25) is 5.54 Å². The lowest BCUT2D eigenvalue weighted by molar-refractivity contribution is -0.184. The zero-order chi connectivity index (χ0) is 20.1. The highest BCUT2D eigenvalue weighted by Gasteiger charge is 2.64. The van der Waals surface area contributed by atoms with Crippen molar-refractivity contribution in [3.63, 3.8) is 0 Å². The van der Waals surface area contributed by atoms with Crippen LogP contribution >= 0.6 is 11.8 Å². The van der Waals surface area contributed by atoms with Crippen LogP contribution in [0.3, 0.4) is 0 Å². The second kappa shape index (κ2) is 6.21. The smallest absolute Gasteiger partial charge is 0.420 e. The quantitative estimate of drug-likeness (QED) is 0.801. The number of hydrogen-bond donors (Lipinski definition) is 1. The Morgan fingerprint density at radius 2 is 1.86 bits per heavy atom. The number of nitrogens with zero attached hydrogens (tertiary/aromatic N) is 2. The molecule has 4 rings (SSSR count). The third kappa shape index (κ3) is 2.38. The Kier molecular flexibility index (Phi) is 4.05. The van der Waals surface area contributed by atoms with E-state index in [1.165, 1.54) is 31.4 Å². The highest BCUT2D eigenvalue weighted by atomic mass is 32.2. The van der Waals surface area contributed by atoms with Crippen molar-refractivity contribution in [1.29, 1.82) is 5.26 Å². The van der Waals surface area contributed by atoms with Gasteiger partial charge in [-0.2, -0.15) is 18.4 Å². The molecule has 2 aromatic rings. The number of alkyl halides is 3. The van der Waals surface area contributed by atoms with E-state index < -0.39 is 23.3 Å². The molecule has 9 heteroatoms. The van der Waals surface area contributed by atoms with Crippen molar-refractivity contribution in [1.82, 2.24) is 5.32 Å². The van der Waals surface area contributed by atoms with E-state index in [0.29, 0.717) is 16.3 Å². The number of halogens is 3. The summed E-state index contributed by atoms with van der Waals surface area (Å²) in [5.41, 5.74) is -3.36. The first-order chi connectivity index (χ1) is 13.3. The number of thioether (sulfide) groups is 1. The van der Waals surface area contributed by atoms with Crippen LogP contribution in [-0.4, -0.2) is 19.3 Å². The van der Waals surface area contributed by atoms with Crippen molar-refractivity contribution < 1.29 is 22.7 Å². The largest absolute Gasteiger partial charge is 0.497 e. The summed E-state index contributed by atoms with van der Waals surface area (Å²) in [6.07, 6.45) is -4.95. The first kappa shape index (κ1) is 18.3. The minimum Gasteiger partial charge on any atom is -0.497 e. The summed E-state index contributed by atoms with van der Waals surface area (Å²) in [6.45, 7) is 0. The van der Waals surface area contributed by atoms with Gasteiger partial charge in [-0.15, -0.1) is 0 Å². The van der Waals surface area contributed by atoms with Gasteiger partial charge in [0.05, 0.1) is 12.8 Å². The van der Waals surface area contributed by atoms with Crippen molar-refractivity contribution in [2.24, 2.45) is 0 Å². The van der Waals surface area contributed by atoms with Crippen LogP contribution < -0.4 is 15.0 Å². The number of carbonyl (C=O) groups excluding carboxylic acids is 1. The summed E-state index contributed by atoms with van der Waals surface area (Å²) >= 11 is 0.975. The van der Waals surface area contributed by atoms with E-state index >= 15 is 0 Å². The fourth-order valence-electron chi connectivity index (χ4n) is 3.36. The van der Waals surface area contributed by atoms with Crippen LogP contribution in [0.25, 0.3) is 0 Å². The Balaban J connectivity index is 1.99. The third-order valence-corrected chi connectivity index (χ3v) is 5.81. The first-order valence-corrected chi connectivity index (χ1v) is 8.90. The molecular formula is C19H12F3N3O2S. The number of hydrogen-bond acceptors (Lipinski definition) is 4. The third-order valence-electron chi connectivity index (χ3n) is 4.66. The summed E-state index contributed by atoms with van der Waals surface area (Å²) in [5.74, 6) is 0.360. The maximum atomic E-state index is 14.4.